The second-order valence-electron chi connectivity index (χ2n) is 3.85. The molecular formula is C11H12O9. The van der Waals surface area contributed by atoms with E-state index >= 15 is 0 Å². The number of rotatable bonds is 6. The highest BCUT2D eigenvalue weighted by molar-refractivity contribution is 5.95. The lowest BCUT2D eigenvalue weighted by Crippen LogP contribution is -2.33. The third-order valence-electron chi connectivity index (χ3n) is 2.31. The molecule has 9 heteroatoms. The van der Waals surface area contributed by atoms with Gasteiger partial charge in [-0.3, -0.25) is 4.79 Å². The van der Waals surface area contributed by atoms with Gasteiger partial charge in [0, 0.05) is 5.57 Å². The number of aliphatic hydroxyl groups is 3. The highest BCUT2D eigenvalue weighted by atomic mass is 16.6. The van der Waals surface area contributed by atoms with Crippen molar-refractivity contribution in [2.24, 2.45) is 0 Å². The Morgan fingerprint density at radius 3 is 2.55 bits per heavy atom. The lowest BCUT2D eigenvalue weighted by atomic mass is 10.1. The van der Waals surface area contributed by atoms with Gasteiger partial charge in [0.25, 0.3) is 0 Å². The van der Waals surface area contributed by atoms with E-state index in [9.17, 15) is 24.6 Å². The van der Waals surface area contributed by atoms with E-state index in [0.717, 1.165) is 0 Å². The Morgan fingerprint density at radius 2 is 2.05 bits per heavy atom. The zero-order chi connectivity index (χ0) is 15.4. The summed E-state index contributed by atoms with van der Waals surface area (Å²) in [6.45, 7) is 2.36. The smallest absolute Gasteiger partial charge is 0.378 e. The second-order valence-corrected chi connectivity index (χ2v) is 3.85. The van der Waals surface area contributed by atoms with E-state index in [0.29, 0.717) is 0 Å². The van der Waals surface area contributed by atoms with Crippen LogP contribution in [0.2, 0.25) is 0 Å². The number of hydrogen-bond donors (Lipinski definition) is 4. The van der Waals surface area contributed by atoms with Crippen molar-refractivity contribution < 1.29 is 44.3 Å². The first kappa shape index (κ1) is 15.7. The Hall–Kier alpha value is -2.39. The number of carbonyl (C=O) groups is 3. The van der Waals surface area contributed by atoms with Crippen LogP contribution in [0, 0.1) is 0 Å². The summed E-state index contributed by atoms with van der Waals surface area (Å²) in [5.74, 6) is -5.51. The Balaban J connectivity index is 2.87. The molecule has 1 aliphatic rings. The molecule has 1 aliphatic heterocycles. The summed E-state index contributed by atoms with van der Waals surface area (Å²) < 4.78 is 9.11. The van der Waals surface area contributed by atoms with E-state index in [-0.39, 0.29) is 0 Å². The van der Waals surface area contributed by atoms with E-state index in [1.807, 2.05) is 0 Å². The van der Waals surface area contributed by atoms with Crippen molar-refractivity contribution in [3.63, 3.8) is 0 Å². The summed E-state index contributed by atoms with van der Waals surface area (Å²) >= 11 is 0. The standard InChI is InChI=1S/C11H12O9/c1-4(2-6(14)15)10(17)20-9-7(16)11(18)19-8(9)5(13)3-12/h5,8,12-13,16H,1-3H2,(H,14,15)/t5-,8+/m0/s1. The van der Waals surface area contributed by atoms with E-state index in [1.54, 1.807) is 0 Å². The summed E-state index contributed by atoms with van der Waals surface area (Å²) in [4.78, 5) is 33.0. The van der Waals surface area contributed by atoms with Crippen LogP contribution in [0.5, 0.6) is 0 Å². The second kappa shape index (κ2) is 6.17. The molecule has 1 heterocycles. The van der Waals surface area contributed by atoms with E-state index in [4.69, 9.17) is 10.2 Å². The lowest BCUT2D eigenvalue weighted by molar-refractivity contribution is -0.150. The van der Waals surface area contributed by atoms with Crippen molar-refractivity contribution in [1.29, 1.82) is 0 Å². The normalized spacial score (nSPS) is 19.5. The van der Waals surface area contributed by atoms with Crippen molar-refractivity contribution in [1.82, 2.24) is 0 Å². The summed E-state index contributed by atoms with van der Waals surface area (Å²) in [7, 11) is 0. The van der Waals surface area contributed by atoms with Crippen LogP contribution in [-0.2, 0) is 23.9 Å². The summed E-state index contributed by atoms with van der Waals surface area (Å²) in [5.41, 5.74) is -0.436. The molecular weight excluding hydrogens is 276 g/mol. The molecule has 0 aromatic carbocycles. The van der Waals surface area contributed by atoms with Crippen LogP contribution in [0.1, 0.15) is 6.42 Å². The minimum Gasteiger partial charge on any atom is -0.499 e. The molecule has 0 saturated carbocycles. The zero-order valence-corrected chi connectivity index (χ0v) is 10.1. The molecule has 0 aliphatic carbocycles. The van der Waals surface area contributed by atoms with Crippen LogP contribution in [0.25, 0.3) is 0 Å². The number of aliphatic hydroxyl groups excluding tert-OH is 3. The van der Waals surface area contributed by atoms with Gasteiger partial charge >= 0.3 is 17.9 Å². The van der Waals surface area contributed by atoms with Gasteiger partial charge in [-0.05, 0) is 0 Å². The third kappa shape index (κ3) is 3.33. The van der Waals surface area contributed by atoms with E-state index < -0.39 is 60.2 Å². The van der Waals surface area contributed by atoms with Crippen molar-refractivity contribution in [3.8, 4) is 0 Å². The molecule has 110 valence electrons. The minimum atomic E-state index is -1.61. The number of carboxylic acids is 1. The average molecular weight is 288 g/mol. The molecule has 0 aromatic rings. The number of cyclic esters (lactones) is 1. The van der Waals surface area contributed by atoms with Crippen LogP contribution in [0.15, 0.2) is 23.7 Å². The highest BCUT2D eigenvalue weighted by Crippen LogP contribution is 2.25. The molecule has 0 amide bonds. The number of esters is 2. The molecule has 1 rings (SSSR count). The van der Waals surface area contributed by atoms with Gasteiger partial charge in [-0.15, -0.1) is 0 Å². The van der Waals surface area contributed by atoms with Gasteiger partial charge in [-0.25, -0.2) is 9.59 Å². The molecule has 0 saturated heterocycles. The topological polar surface area (TPSA) is 151 Å². The molecule has 4 N–H and O–H groups in total. The Morgan fingerprint density at radius 1 is 1.45 bits per heavy atom. The maximum absolute atomic E-state index is 11.5. The third-order valence-corrected chi connectivity index (χ3v) is 2.31. The van der Waals surface area contributed by atoms with Crippen molar-refractivity contribution in [2.75, 3.05) is 6.61 Å². The lowest BCUT2D eigenvalue weighted by Gasteiger charge is -2.17. The minimum absolute atomic E-state index is 0.436. The highest BCUT2D eigenvalue weighted by Gasteiger charge is 2.42. The van der Waals surface area contributed by atoms with Gasteiger partial charge in [0.1, 0.15) is 6.10 Å². The first-order valence-electron chi connectivity index (χ1n) is 5.32. The fourth-order valence-electron chi connectivity index (χ4n) is 1.34. The molecule has 0 aromatic heterocycles. The van der Waals surface area contributed by atoms with Crippen LogP contribution < -0.4 is 0 Å². The molecule has 0 radical (unpaired) electrons. The molecule has 0 spiro atoms. The molecule has 9 nitrogen and oxygen atoms in total. The Labute approximate surface area is 112 Å². The zero-order valence-electron chi connectivity index (χ0n) is 10.1. The van der Waals surface area contributed by atoms with Crippen LogP contribution >= 0.6 is 0 Å². The van der Waals surface area contributed by atoms with Gasteiger partial charge in [0.2, 0.25) is 11.5 Å². The van der Waals surface area contributed by atoms with Crippen molar-refractivity contribution in [2.45, 2.75) is 18.6 Å². The average Bonchev–Trinajstić information content (AvgIpc) is 2.65. The number of carboxylic acid groups (broad SMARTS) is 1. The quantitative estimate of drug-likeness (QED) is 0.342. The van der Waals surface area contributed by atoms with Crippen molar-refractivity contribution >= 4 is 17.9 Å². The fraction of sp³-hybridized carbons (Fsp3) is 0.364. The van der Waals surface area contributed by atoms with Gasteiger partial charge in [0.15, 0.2) is 6.10 Å². The summed E-state index contributed by atoms with van der Waals surface area (Å²) in [5, 5.41) is 36.0. The molecule has 20 heavy (non-hydrogen) atoms. The monoisotopic (exact) mass is 288 g/mol. The predicted molar refractivity (Wildman–Crippen MR) is 60.1 cm³/mol. The van der Waals surface area contributed by atoms with Crippen LogP contribution in [0.3, 0.4) is 0 Å². The van der Waals surface area contributed by atoms with E-state index in [1.165, 1.54) is 0 Å². The summed E-state index contributed by atoms with van der Waals surface area (Å²) in [6.07, 6.45) is -3.87. The number of aliphatic carboxylic acids is 1. The largest absolute Gasteiger partial charge is 0.499 e. The number of ether oxygens (including phenoxy) is 2. The number of hydrogen-bond acceptors (Lipinski definition) is 8. The first-order valence-corrected chi connectivity index (χ1v) is 5.32. The van der Waals surface area contributed by atoms with E-state index in [2.05, 4.69) is 16.1 Å². The van der Waals surface area contributed by atoms with Crippen LogP contribution in [-0.4, -0.2) is 57.1 Å². The first-order chi connectivity index (χ1) is 9.27. The van der Waals surface area contributed by atoms with Gasteiger partial charge in [-0.1, -0.05) is 6.58 Å². The fourth-order valence-corrected chi connectivity index (χ4v) is 1.34. The van der Waals surface area contributed by atoms with Gasteiger partial charge < -0.3 is 29.9 Å². The van der Waals surface area contributed by atoms with Crippen LogP contribution in [0.4, 0.5) is 0 Å². The SMILES string of the molecule is C=C(CC(=O)O)C(=O)OC1=C(O)C(=O)O[C@@H]1[C@@H](O)CO. The molecule has 2 atom stereocenters. The maximum atomic E-state index is 11.5. The molecule has 0 bridgehead atoms. The van der Waals surface area contributed by atoms with Gasteiger partial charge in [-0.2, -0.15) is 0 Å². The molecule has 0 unspecified atom stereocenters. The molecule has 0 fully saturated rings. The Kier molecular flexibility index (Phi) is 4.83. The van der Waals surface area contributed by atoms with Gasteiger partial charge in [0.05, 0.1) is 13.0 Å². The maximum Gasteiger partial charge on any atom is 0.378 e. The number of carbonyl (C=O) groups excluding carboxylic acids is 2. The predicted octanol–water partition coefficient (Wildman–Crippen LogP) is -1.39. The Bertz CT molecular complexity index is 490. The van der Waals surface area contributed by atoms with Crippen molar-refractivity contribution in [3.05, 3.63) is 23.7 Å². The summed E-state index contributed by atoms with van der Waals surface area (Å²) in [6, 6.07) is 0.